The molecule has 4 aromatic rings. The molecule has 3 heterocycles. The Morgan fingerprint density at radius 2 is 1.89 bits per heavy atom. The van der Waals surface area contributed by atoms with Crippen LogP contribution in [0.5, 0.6) is 5.75 Å². The van der Waals surface area contributed by atoms with Crippen molar-refractivity contribution in [2.45, 2.75) is 36.0 Å². The van der Waals surface area contributed by atoms with Crippen LogP contribution < -0.4 is 15.4 Å². The van der Waals surface area contributed by atoms with Crippen molar-refractivity contribution in [3.05, 3.63) is 59.8 Å². The highest BCUT2D eigenvalue weighted by molar-refractivity contribution is 7.92. The van der Waals surface area contributed by atoms with Crippen molar-refractivity contribution in [1.29, 1.82) is 0 Å². The molecule has 10 heteroatoms. The molecule has 1 aliphatic heterocycles. The van der Waals surface area contributed by atoms with E-state index in [1.165, 1.54) is 11.1 Å². The van der Waals surface area contributed by atoms with Gasteiger partial charge >= 0.3 is 0 Å². The predicted octanol–water partition coefficient (Wildman–Crippen LogP) is 4.38. The molecule has 186 valence electrons. The molecule has 0 saturated heterocycles. The number of sulfone groups is 1. The SMILES string of the molecule is COc1cc2c(cc1Nc1nc(Nc3ccccc3S(=O)(=O)C3CC3)c3cc[nH]c3n1)CN(C)CC2. The molecule has 0 spiro atoms. The maximum Gasteiger partial charge on any atom is 0.231 e. The van der Waals surface area contributed by atoms with E-state index in [1.807, 2.05) is 12.1 Å². The first-order chi connectivity index (χ1) is 17.4. The van der Waals surface area contributed by atoms with Gasteiger partial charge < -0.3 is 25.3 Å². The Hall–Kier alpha value is -3.63. The van der Waals surface area contributed by atoms with Gasteiger partial charge in [-0.15, -0.1) is 0 Å². The third-order valence-electron chi connectivity index (χ3n) is 6.80. The molecule has 0 bridgehead atoms. The number of H-pyrrole nitrogens is 1. The molecule has 0 radical (unpaired) electrons. The summed E-state index contributed by atoms with van der Waals surface area (Å²) in [5, 5.41) is 7.06. The van der Waals surface area contributed by atoms with Gasteiger partial charge in [-0.3, -0.25) is 0 Å². The number of methoxy groups -OCH3 is 1. The van der Waals surface area contributed by atoms with Gasteiger partial charge in [-0.1, -0.05) is 12.1 Å². The molecule has 0 amide bonds. The summed E-state index contributed by atoms with van der Waals surface area (Å²) in [7, 11) is 0.379. The summed E-state index contributed by atoms with van der Waals surface area (Å²) in [6.07, 6.45) is 4.18. The predicted molar refractivity (Wildman–Crippen MR) is 140 cm³/mol. The lowest BCUT2D eigenvalue weighted by Crippen LogP contribution is -2.26. The first-order valence-corrected chi connectivity index (χ1v) is 13.6. The second kappa shape index (κ2) is 8.79. The number of rotatable bonds is 7. The number of hydrogen-bond acceptors (Lipinski definition) is 8. The van der Waals surface area contributed by atoms with Gasteiger partial charge in [0, 0.05) is 19.3 Å². The average Bonchev–Trinajstić information content (AvgIpc) is 3.63. The normalized spacial score (nSPS) is 16.1. The van der Waals surface area contributed by atoms with Crippen molar-refractivity contribution in [3.63, 3.8) is 0 Å². The Kier molecular flexibility index (Phi) is 5.57. The summed E-state index contributed by atoms with van der Waals surface area (Å²) in [6.45, 7) is 1.88. The summed E-state index contributed by atoms with van der Waals surface area (Å²) in [5.41, 5.74) is 4.44. The fraction of sp³-hybridized carbons (Fsp3) is 0.308. The van der Waals surface area contributed by atoms with Crippen LogP contribution in [0.1, 0.15) is 24.0 Å². The molecule has 1 fully saturated rings. The van der Waals surface area contributed by atoms with Crippen LogP contribution in [0.3, 0.4) is 0 Å². The van der Waals surface area contributed by atoms with Crippen LogP contribution in [0.25, 0.3) is 11.0 Å². The smallest absolute Gasteiger partial charge is 0.231 e. The van der Waals surface area contributed by atoms with Crippen molar-refractivity contribution in [3.8, 4) is 5.75 Å². The number of benzene rings is 2. The van der Waals surface area contributed by atoms with E-state index < -0.39 is 9.84 Å². The lowest BCUT2D eigenvalue weighted by molar-refractivity contribution is 0.312. The highest BCUT2D eigenvalue weighted by Crippen LogP contribution is 2.38. The molecule has 36 heavy (non-hydrogen) atoms. The third-order valence-corrected chi connectivity index (χ3v) is 9.12. The van der Waals surface area contributed by atoms with Crippen molar-refractivity contribution in [1.82, 2.24) is 19.9 Å². The van der Waals surface area contributed by atoms with E-state index in [0.29, 0.717) is 40.8 Å². The molecule has 1 aliphatic carbocycles. The van der Waals surface area contributed by atoms with Crippen LogP contribution >= 0.6 is 0 Å². The Morgan fingerprint density at radius 3 is 2.69 bits per heavy atom. The molecule has 2 aromatic carbocycles. The second-order valence-corrected chi connectivity index (χ2v) is 11.6. The molecule has 9 nitrogen and oxygen atoms in total. The second-order valence-electron chi connectivity index (χ2n) is 9.44. The number of ether oxygens (including phenoxy) is 1. The molecular formula is C26H28N6O3S. The van der Waals surface area contributed by atoms with Crippen LogP contribution in [0.2, 0.25) is 0 Å². The molecule has 2 aliphatic rings. The van der Waals surface area contributed by atoms with E-state index in [-0.39, 0.29) is 5.25 Å². The topological polar surface area (TPSA) is 112 Å². The van der Waals surface area contributed by atoms with Crippen LogP contribution in [-0.2, 0) is 22.8 Å². The van der Waals surface area contributed by atoms with E-state index in [9.17, 15) is 8.42 Å². The minimum absolute atomic E-state index is 0.296. The zero-order chi connectivity index (χ0) is 24.9. The number of anilines is 4. The zero-order valence-corrected chi connectivity index (χ0v) is 21.0. The highest BCUT2D eigenvalue weighted by Gasteiger charge is 2.38. The average molecular weight is 505 g/mol. The summed E-state index contributed by atoms with van der Waals surface area (Å²) < 4.78 is 31.7. The number of nitrogens with one attached hydrogen (secondary N) is 3. The minimum Gasteiger partial charge on any atom is -0.495 e. The third kappa shape index (κ3) is 4.16. The van der Waals surface area contributed by atoms with E-state index >= 15 is 0 Å². The van der Waals surface area contributed by atoms with E-state index in [0.717, 1.165) is 36.3 Å². The minimum atomic E-state index is -3.39. The quantitative estimate of drug-likeness (QED) is 0.340. The zero-order valence-electron chi connectivity index (χ0n) is 20.2. The van der Waals surface area contributed by atoms with Crippen molar-refractivity contribution >= 4 is 44.0 Å². The van der Waals surface area contributed by atoms with Crippen LogP contribution in [0.15, 0.2) is 53.6 Å². The molecule has 2 aromatic heterocycles. The van der Waals surface area contributed by atoms with E-state index in [2.05, 4.69) is 44.7 Å². The van der Waals surface area contributed by atoms with Gasteiger partial charge in [0.15, 0.2) is 9.84 Å². The lowest BCUT2D eigenvalue weighted by Gasteiger charge is -2.26. The van der Waals surface area contributed by atoms with Crippen LogP contribution in [-0.4, -0.2) is 54.2 Å². The Balaban J connectivity index is 1.38. The van der Waals surface area contributed by atoms with Gasteiger partial charge in [-0.25, -0.2) is 8.42 Å². The summed E-state index contributed by atoms with van der Waals surface area (Å²) >= 11 is 0. The Labute approximate surface area is 209 Å². The highest BCUT2D eigenvalue weighted by atomic mass is 32.2. The number of nitrogens with zero attached hydrogens (tertiary/aromatic N) is 3. The molecule has 0 unspecified atom stereocenters. The van der Waals surface area contributed by atoms with Gasteiger partial charge in [0.1, 0.15) is 17.2 Å². The standard InChI is InChI=1S/C26H28N6O3S/c1-32-12-10-16-14-22(35-2)21(13-17(16)15-32)29-26-30-24-19(9-11-27-24)25(31-26)28-20-5-3-4-6-23(20)36(33,34)18-7-8-18/h3-6,9,11,13-14,18H,7-8,10,12,15H2,1-2H3,(H3,27,28,29,30,31). The van der Waals surface area contributed by atoms with Crippen molar-refractivity contribution in [2.24, 2.45) is 0 Å². The number of aromatic nitrogens is 3. The van der Waals surface area contributed by atoms with Gasteiger partial charge in [-0.2, -0.15) is 9.97 Å². The van der Waals surface area contributed by atoms with Crippen LogP contribution in [0.4, 0.5) is 23.1 Å². The van der Waals surface area contributed by atoms with Gasteiger partial charge in [0.2, 0.25) is 5.95 Å². The van der Waals surface area contributed by atoms with Gasteiger partial charge in [0.25, 0.3) is 0 Å². The first kappa shape index (κ1) is 22.8. The van der Waals surface area contributed by atoms with Gasteiger partial charge in [0.05, 0.1) is 34.0 Å². The maximum atomic E-state index is 13.0. The van der Waals surface area contributed by atoms with E-state index in [1.54, 1.807) is 31.5 Å². The Morgan fingerprint density at radius 1 is 1.06 bits per heavy atom. The number of fused-ring (bicyclic) bond motifs is 2. The molecule has 1 saturated carbocycles. The fourth-order valence-electron chi connectivity index (χ4n) is 4.71. The van der Waals surface area contributed by atoms with E-state index in [4.69, 9.17) is 9.72 Å². The monoisotopic (exact) mass is 504 g/mol. The molecule has 0 atom stereocenters. The van der Waals surface area contributed by atoms with Crippen molar-refractivity contribution < 1.29 is 13.2 Å². The number of aromatic amines is 1. The van der Waals surface area contributed by atoms with Crippen LogP contribution in [0, 0.1) is 0 Å². The number of para-hydroxylation sites is 1. The summed E-state index contributed by atoms with van der Waals surface area (Å²) in [5.74, 6) is 1.61. The summed E-state index contributed by atoms with van der Waals surface area (Å²) in [4.78, 5) is 15.1. The first-order valence-electron chi connectivity index (χ1n) is 12.0. The molecule has 3 N–H and O–H groups in total. The van der Waals surface area contributed by atoms with Crippen molar-refractivity contribution in [2.75, 3.05) is 31.3 Å². The Bertz CT molecular complexity index is 1560. The largest absolute Gasteiger partial charge is 0.495 e. The molecular weight excluding hydrogens is 476 g/mol. The van der Waals surface area contributed by atoms with Gasteiger partial charge in [-0.05, 0) is 67.8 Å². The molecule has 6 rings (SSSR count). The number of likely N-dealkylation sites (N-methyl/N-ethyl adjacent to an activating group) is 1. The fourth-order valence-corrected chi connectivity index (χ4v) is 6.52. The number of hydrogen-bond donors (Lipinski definition) is 3. The maximum absolute atomic E-state index is 13.0. The summed E-state index contributed by atoms with van der Waals surface area (Å²) in [6, 6.07) is 13.0. The lowest BCUT2D eigenvalue weighted by atomic mass is 9.99.